The van der Waals surface area contributed by atoms with Crippen molar-refractivity contribution in [2.24, 2.45) is 0 Å². The summed E-state index contributed by atoms with van der Waals surface area (Å²) in [5.41, 5.74) is 0.411. The van der Waals surface area contributed by atoms with Crippen molar-refractivity contribution in [2.75, 3.05) is 6.61 Å². The number of carbonyl (C=O) groups excluding carboxylic acids is 1. The van der Waals surface area contributed by atoms with Crippen LogP contribution in [-0.4, -0.2) is 30.1 Å². The molecule has 0 aliphatic rings. The molecule has 0 unspecified atom stereocenters. The minimum atomic E-state index is -1.66. The highest BCUT2D eigenvalue weighted by Gasteiger charge is 2.16. The van der Waals surface area contributed by atoms with Gasteiger partial charge in [-0.25, -0.2) is 0 Å². The number of benzene rings is 1. The first-order valence-electron chi connectivity index (χ1n) is 4.27. The number of carbonyl (C=O) groups is 1. The van der Waals surface area contributed by atoms with Crippen LogP contribution in [0.3, 0.4) is 0 Å². The van der Waals surface area contributed by atoms with Crippen LogP contribution >= 0.6 is 0 Å². The second-order valence-corrected chi connectivity index (χ2v) is 2.72. The van der Waals surface area contributed by atoms with Gasteiger partial charge in [-0.3, -0.25) is 4.79 Å². The molecule has 1 aromatic rings. The molecule has 0 aliphatic carbocycles. The number of rotatable bonds is 4. The highest BCUT2D eigenvalue weighted by atomic mass is 16.5. The number of hydrogen-bond acceptors (Lipinski definition) is 4. The van der Waals surface area contributed by atoms with Crippen molar-refractivity contribution in [2.45, 2.75) is 6.92 Å². The predicted molar refractivity (Wildman–Crippen MR) is 52.8 cm³/mol. The minimum Gasteiger partial charge on any atom is -0.494 e. The maximum absolute atomic E-state index is 10.5. The fourth-order valence-electron chi connectivity index (χ4n) is 1.14. The van der Waals surface area contributed by atoms with Gasteiger partial charge in [-0.15, -0.1) is 0 Å². The molecule has 0 aliphatic heterocycles. The van der Waals surface area contributed by atoms with Crippen LogP contribution in [0.2, 0.25) is 0 Å². The van der Waals surface area contributed by atoms with Gasteiger partial charge < -0.3 is 14.8 Å². The summed E-state index contributed by atoms with van der Waals surface area (Å²) in [6, 6.07) is 4.55. The zero-order valence-corrected chi connectivity index (χ0v) is 7.80. The molecule has 4 nitrogen and oxygen atoms in total. The molecular formula is C9H11BO4. The van der Waals surface area contributed by atoms with Gasteiger partial charge in [0.1, 0.15) is 12.0 Å². The van der Waals surface area contributed by atoms with E-state index in [1.165, 1.54) is 12.1 Å². The van der Waals surface area contributed by atoms with Crippen LogP contribution in [0.5, 0.6) is 5.75 Å². The molecule has 2 N–H and O–H groups in total. The zero-order valence-electron chi connectivity index (χ0n) is 7.80. The Labute approximate surface area is 82.3 Å². The lowest BCUT2D eigenvalue weighted by Gasteiger charge is -2.07. The van der Waals surface area contributed by atoms with E-state index in [0.717, 1.165) is 0 Å². The standard InChI is InChI=1S/C9H11BO4/c1-2-14-8-4-3-7(6-11)9(5-8)10(12)13/h3-6,12-13H,2H2,1H3. The smallest absolute Gasteiger partial charge is 0.489 e. The Kier molecular flexibility index (Phi) is 3.68. The second kappa shape index (κ2) is 4.78. The molecule has 0 saturated heterocycles. The lowest BCUT2D eigenvalue weighted by Crippen LogP contribution is -2.33. The molecule has 0 fully saturated rings. The van der Waals surface area contributed by atoms with Gasteiger partial charge >= 0.3 is 7.12 Å². The van der Waals surface area contributed by atoms with E-state index in [4.69, 9.17) is 14.8 Å². The van der Waals surface area contributed by atoms with E-state index in [-0.39, 0.29) is 11.0 Å². The van der Waals surface area contributed by atoms with Crippen molar-refractivity contribution >= 4 is 18.9 Å². The maximum Gasteiger partial charge on any atom is 0.489 e. The summed E-state index contributed by atoms with van der Waals surface area (Å²) in [5, 5.41) is 17.9. The molecule has 0 saturated carbocycles. The van der Waals surface area contributed by atoms with E-state index >= 15 is 0 Å². The molecule has 1 aromatic carbocycles. The lowest BCUT2D eigenvalue weighted by atomic mass is 9.77. The van der Waals surface area contributed by atoms with Crippen LogP contribution in [0.4, 0.5) is 0 Å². The van der Waals surface area contributed by atoms with Crippen molar-refractivity contribution < 1.29 is 19.6 Å². The van der Waals surface area contributed by atoms with Crippen molar-refractivity contribution in [1.29, 1.82) is 0 Å². The van der Waals surface area contributed by atoms with Crippen molar-refractivity contribution in [3.05, 3.63) is 23.8 Å². The summed E-state index contributed by atoms with van der Waals surface area (Å²) in [6.07, 6.45) is 0.574. The summed E-state index contributed by atoms with van der Waals surface area (Å²) < 4.78 is 5.16. The number of aldehydes is 1. The third-order valence-electron chi connectivity index (χ3n) is 1.77. The third kappa shape index (κ3) is 2.34. The molecular weight excluding hydrogens is 183 g/mol. The molecule has 5 heteroatoms. The fourth-order valence-corrected chi connectivity index (χ4v) is 1.14. The van der Waals surface area contributed by atoms with Gasteiger partial charge in [0.15, 0.2) is 0 Å². The quantitative estimate of drug-likeness (QED) is 0.504. The number of hydrogen-bond donors (Lipinski definition) is 2. The SMILES string of the molecule is CCOc1ccc(C=O)c(B(O)O)c1. The molecule has 0 bridgehead atoms. The average molecular weight is 194 g/mol. The zero-order chi connectivity index (χ0) is 10.6. The molecule has 74 valence electrons. The predicted octanol–water partition coefficient (Wildman–Crippen LogP) is -0.422. The van der Waals surface area contributed by atoms with Crippen LogP contribution in [0, 0.1) is 0 Å². The molecule has 0 amide bonds. The minimum absolute atomic E-state index is 0.158. The van der Waals surface area contributed by atoms with Gasteiger partial charge in [0.25, 0.3) is 0 Å². The molecule has 0 atom stereocenters. The normalized spacial score (nSPS) is 9.64. The summed E-state index contributed by atoms with van der Waals surface area (Å²) in [4.78, 5) is 10.5. The first kappa shape index (κ1) is 10.8. The molecule has 0 aromatic heterocycles. The number of ether oxygens (including phenoxy) is 1. The summed E-state index contributed by atoms with van der Waals surface area (Å²) in [5.74, 6) is 0.515. The van der Waals surface area contributed by atoms with E-state index in [0.29, 0.717) is 18.6 Å². The van der Waals surface area contributed by atoms with Crippen molar-refractivity contribution in [3.63, 3.8) is 0 Å². The largest absolute Gasteiger partial charge is 0.494 e. The van der Waals surface area contributed by atoms with Crippen LogP contribution in [0.15, 0.2) is 18.2 Å². The molecule has 1 rings (SSSR count). The summed E-state index contributed by atoms with van der Waals surface area (Å²) >= 11 is 0. The average Bonchev–Trinajstić information content (AvgIpc) is 2.18. The van der Waals surface area contributed by atoms with Gasteiger partial charge in [0.05, 0.1) is 6.61 Å². The van der Waals surface area contributed by atoms with E-state index in [1.807, 2.05) is 6.92 Å². The topological polar surface area (TPSA) is 66.8 Å². The Morgan fingerprint density at radius 3 is 2.71 bits per heavy atom. The highest BCUT2D eigenvalue weighted by Crippen LogP contribution is 2.09. The molecule has 0 radical (unpaired) electrons. The Balaban J connectivity index is 3.07. The van der Waals surface area contributed by atoms with Gasteiger partial charge in [0.2, 0.25) is 0 Å². The first-order chi connectivity index (χ1) is 6.69. The monoisotopic (exact) mass is 194 g/mol. The molecule has 0 heterocycles. The van der Waals surface area contributed by atoms with Crippen molar-refractivity contribution in [3.8, 4) is 5.75 Å². The van der Waals surface area contributed by atoms with E-state index in [2.05, 4.69) is 0 Å². The Hall–Kier alpha value is -1.33. The van der Waals surface area contributed by atoms with Crippen LogP contribution in [-0.2, 0) is 0 Å². The Bertz CT molecular complexity index is 325. The van der Waals surface area contributed by atoms with Gasteiger partial charge in [-0.05, 0) is 30.6 Å². The van der Waals surface area contributed by atoms with E-state index in [1.54, 1.807) is 6.07 Å². The van der Waals surface area contributed by atoms with Gasteiger partial charge in [-0.1, -0.05) is 0 Å². The Morgan fingerprint density at radius 2 is 2.21 bits per heavy atom. The van der Waals surface area contributed by atoms with Crippen molar-refractivity contribution in [1.82, 2.24) is 0 Å². The van der Waals surface area contributed by atoms with Gasteiger partial charge in [-0.2, -0.15) is 0 Å². The summed E-state index contributed by atoms with van der Waals surface area (Å²) in [6.45, 7) is 2.31. The van der Waals surface area contributed by atoms with E-state index < -0.39 is 7.12 Å². The van der Waals surface area contributed by atoms with Crippen LogP contribution < -0.4 is 10.2 Å². The second-order valence-electron chi connectivity index (χ2n) is 2.72. The maximum atomic E-state index is 10.5. The molecule has 14 heavy (non-hydrogen) atoms. The molecule has 0 spiro atoms. The summed E-state index contributed by atoms with van der Waals surface area (Å²) in [7, 11) is -1.66. The van der Waals surface area contributed by atoms with Gasteiger partial charge in [0, 0.05) is 5.56 Å². The van der Waals surface area contributed by atoms with Crippen LogP contribution in [0.1, 0.15) is 17.3 Å². The third-order valence-corrected chi connectivity index (χ3v) is 1.77. The lowest BCUT2D eigenvalue weighted by molar-refractivity contribution is 0.112. The Morgan fingerprint density at radius 1 is 1.50 bits per heavy atom. The highest BCUT2D eigenvalue weighted by molar-refractivity contribution is 6.60. The first-order valence-corrected chi connectivity index (χ1v) is 4.27. The fraction of sp³-hybridized carbons (Fsp3) is 0.222. The van der Waals surface area contributed by atoms with Crippen LogP contribution in [0.25, 0.3) is 0 Å². The van der Waals surface area contributed by atoms with E-state index in [9.17, 15) is 4.79 Å².